The van der Waals surface area contributed by atoms with Crippen molar-refractivity contribution in [2.75, 3.05) is 7.11 Å². The Kier molecular flexibility index (Phi) is 6.05. The van der Waals surface area contributed by atoms with Gasteiger partial charge >= 0.3 is 5.97 Å². The third-order valence-corrected chi connectivity index (χ3v) is 6.03. The zero-order chi connectivity index (χ0) is 23.3. The van der Waals surface area contributed by atoms with E-state index in [1.807, 2.05) is 36.4 Å². The van der Waals surface area contributed by atoms with Gasteiger partial charge in [0.2, 0.25) is 0 Å². The van der Waals surface area contributed by atoms with E-state index >= 15 is 0 Å². The Hall–Kier alpha value is -4.43. The average Bonchev–Trinajstić information content (AvgIpc) is 3.25. The molecule has 1 aliphatic rings. The van der Waals surface area contributed by atoms with Gasteiger partial charge in [-0.1, -0.05) is 115 Å². The van der Waals surface area contributed by atoms with Crippen molar-refractivity contribution in [1.82, 2.24) is 0 Å². The van der Waals surface area contributed by atoms with Crippen molar-refractivity contribution in [1.29, 1.82) is 0 Å². The average molecular weight is 441 g/mol. The first-order chi connectivity index (χ1) is 16.8. The summed E-state index contributed by atoms with van der Waals surface area (Å²) in [5, 5.41) is 0. The van der Waals surface area contributed by atoms with Crippen molar-refractivity contribution in [2.45, 2.75) is 0 Å². The third kappa shape index (κ3) is 4.02. The lowest BCUT2D eigenvalue weighted by molar-refractivity contribution is -0.134. The number of carbonyl (C=O) groups is 1. The third-order valence-electron chi connectivity index (χ3n) is 6.03. The molecule has 2 heteroatoms. The van der Waals surface area contributed by atoms with E-state index in [9.17, 15) is 4.79 Å². The molecular formula is C32H24O2. The highest BCUT2D eigenvalue weighted by Crippen LogP contribution is 2.51. The highest BCUT2D eigenvalue weighted by atomic mass is 16.5. The predicted octanol–water partition coefficient (Wildman–Crippen LogP) is 7.30. The molecule has 2 nitrogen and oxygen atoms in total. The van der Waals surface area contributed by atoms with Gasteiger partial charge in [0.1, 0.15) is 0 Å². The summed E-state index contributed by atoms with van der Waals surface area (Å²) in [6, 6.07) is 39.7. The van der Waals surface area contributed by atoms with Crippen LogP contribution in [-0.4, -0.2) is 13.1 Å². The molecular weight excluding hydrogens is 416 g/mol. The molecule has 0 bridgehead atoms. The summed E-state index contributed by atoms with van der Waals surface area (Å²) < 4.78 is 4.91. The second-order valence-corrected chi connectivity index (χ2v) is 8.04. The number of fused-ring (bicyclic) bond motifs is 1. The SMILES string of the molecule is COC(=O)/C=C/C(=C1\C(c2ccccc2)=C(c2ccccc2)c2ccccc21)c1ccccc1. The summed E-state index contributed by atoms with van der Waals surface area (Å²) in [7, 11) is 1.40. The van der Waals surface area contributed by atoms with Gasteiger partial charge in [-0.15, -0.1) is 0 Å². The lowest BCUT2D eigenvalue weighted by Crippen LogP contribution is -1.96. The van der Waals surface area contributed by atoms with Gasteiger partial charge in [0.05, 0.1) is 7.11 Å². The highest BCUT2D eigenvalue weighted by Gasteiger charge is 2.30. The second-order valence-electron chi connectivity index (χ2n) is 8.04. The molecule has 4 aromatic rings. The maximum atomic E-state index is 12.1. The number of methoxy groups -OCH3 is 1. The van der Waals surface area contributed by atoms with E-state index in [1.54, 1.807) is 0 Å². The molecule has 0 fully saturated rings. The first kappa shape index (κ1) is 21.4. The molecule has 1 aliphatic carbocycles. The van der Waals surface area contributed by atoms with Gasteiger partial charge < -0.3 is 4.74 Å². The van der Waals surface area contributed by atoms with Gasteiger partial charge in [0.25, 0.3) is 0 Å². The molecule has 0 aliphatic heterocycles. The zero-order valence-electron chi connectivity index (χ0n) is 18.9. The molecule has 4 aromatic carbocycles. The van der Waals surface area contributed by atoms with Crippen LogP contribution in [0.15, 0.2) is 127 Å². The second kappa shape index (κ2) is 9.60. The van der Waals surface area contributed by atoms with E-state index in [-0.39, 0.29) is 5.97 Å². The van der Waals surface area contributed by atoms with E-state index in [4.69, 9.17) is 4.74 Å². The van der Waals surface area contributed by atoms with Crippen LogP contribution in [0.3, 0.4) is 0 Å². The Bertz CT molecular complexity index is 1410. The van der Waals surface area contributed by atoms with Crippen LogP contribution in [0.2, 0.25) is 0 Å². The number of benzene rings is 4. The highest BCUT2D eigenvalue weighted by molar-refractivity contribution is 6.30. The Morgan fingerprint density at radius 1 is 0.588 bits per heavy atom. The van der Waals surface area contributed by atoms with Crippen molar-refractivity contribution in [3.63, 3.8) is 0 Å². The number of ether oxygens (including phenoxy) is 1. The fourth-order valence-electron chi connectivity index (χ4n) is 4.55. The first-order valence-corrected chi connectivity index (χ1v) is 11.3. The van der Waals surface area contributed by atoms with Crippen molar-refractivity contribution in [3.05, 3.63) is 155 Å². The van der Waals surface area contributed by atoms with E-state index in [0.29, 0.717) is 0 Å². The van der Waals surface area contributed by atoms with Crippen LogP contribution < -0.4 is 0 Å². The summed E-state index contributed by atoms with van der Waals surface area (Å²) >= 11 is 0. The molecule has 34 heavy (non-hydrogen) atoms. The largest absolute Gasteiger partial charge is 0.466 e. The minimum Gasteiger partial charge on any atom is -0.466 e. The summed E-state index contributed by atoms with van der Waals surface area (Å²) in [6.07, 6.45) is 3.38. The molecule has 0 heterocycles. The van der Waals surface area contributed by atoms with Gasteiger partial charge in [-0.05, 0) is 56.2 Å². The monoisotopic (exact) mass is 440 g/mol. The lowest BCUT2D eigenvalue weighted by Gasteiger charge is -2.15. The predicted molar refractivity (Wildman–Crippen MR) is 140 cm³/mol. The fourth-order valence-corrected chi connectivity index (χ4v) is 4.55. The molecule has 164 valence electrons. The van der Waals surface area contributed by atoms with Crippen LogP contribution in [0.1, 0.15) is 27.8 Å². The molecule has 5 rings (SSSR count). The molecule has 0 atom stereocenters. The van der Waals surface area contributed by atoms with Gasteiger partial charge in [-0.3, -0.25) is 0 Å². The van der Waals surface area contributed by atoms with Gasteiger partial charge in [-0.25, -0.2) is 4.79 Å². The molecule has 0 amide bonds. The zero-order valence-corrected chi connectivity index (χ0v) is 18.9. The minimum atomic E-state index is -0.381. The van der Waals surface area contributed by atoms with Crippen molar-refractivity contribution in [2.24, 2.45) is 0 Å². The summed E-state index contributed by atoms with van der Waals surface area (Å²) in [4.78, 5) is 12.1. The van der Waals surface area contributed by atoms with Gasteiger partial charge in [0, 0.05) is 6.08 Å². The topological polar surface area (TPSA) is 26.3 Å². The normalized spacial score (nSPS) is 14.3. The number of esters is 1. The molecule has 0 aromatic heterocycles. The summed E-state index contributed by atoms with van der Waals surface area (Å²) in [5.41, 5.74) is 10.1. The smallest absolute Gasteiger partial charge is 0.330 e. The molecule has 0 N–H and O–H groups in total. The molecule has 0 radical (unpaired) electrons. The quantitative estimate of drug-likeness (QED) is 0.240. The number of allylic oxidation sites excluding steroid dienone is 4. The van der Waals surface area contributed by atoms with E-state index in [2.05, 4.69) is 84.9 Å². The van der Waals surface area contributed by atoms with E-state index in [0.717, 1.165) is 39.0 Å². The van der Waals surface area contributed by atoms with Crippen molar-refractivity contribution < 1.29 is 9.53 Å². The minimum absolute atomic E-state index is 0.381. The Morgan fingerprint density at radius 2 is 1.09 bits per heavy atom. The van der Waals surface area contributed by atoms with Crippen LogP contribution in [0.4, 0.5) is 0 Å². The van der Waals surface area contributed by atoms with E-state index < -0.39 is 0 Å². The van der Waals surface area contributed by atoms with E-state index in [1.165, 1.54) is 24.3 Å². The number of rotatable bonds is 5. The fraction of sp³-hybridized carbons (Fsp3) is 0.0312. The van der Waals surface area contributed by atoms with Gasteiger partial charge in [-0.2, -0.15) is 0 Å². The maximum Gasteiger partial charge on any atom is 0.330 e. The maximum absolute atomic E-state index is 12.1. The van der Waals surface area contributed by atoms with Crippen molar-refractivity contribution >= 4 is 28.3 Å². The standard InChI is InChI=1S/C32H24O2/c1-34-29(33)22-21-26(23-13-5-2-6-14-23)32-28-20-12-11-19-27(28)30(24-15-7-3-8-16-24)31(32)25-17-9-4-10-18-25/h2-22H,1H3/b22-21+,32-26+. The first-order valence-electron chi connectivity index (χ1n) is 11.3. The van der Waals surface area contributed by atoms with Crippen LogP contribution in [0.25, 0.3) is 22.3 Å². The summed E-state index contributed by atoms with van der Waals surface area (Å²) in [6.45, 7) is 0. The van der Waals surface area contributed by atoms with Gasteiger partial charge in [0.15, 0.2) is 0 Å². The Labute approximate surface area is 200 Å². The van der Waals surface area contributed by atoms with Crippen molar-refractivity contribution in [3.8, 4) is 0 Å². The molecule has 0 saturated carbocycles. The Morgan fingerprint density at radius 3 is 1.68 bits per heavy atom. The Balaban J connectivity index is 1.92. The molecule has 0 spiro atoms. The number of hydrogen-bond acceptors (Lipinski definition) is 2. The molecule has 0 unspecified atom stereocenters. The molecule has 0 saturated heterocycles. The van der Waals surface area contributed by atoms with Crippen LogP contribution in [0.5, 0.6) is 0 Å². The number of hydrogen-bond donors (Lipinski definition) is 0. The summed E-state index contributed by atoms with van der Waals surface area (Å²) in [5.74, 6) is -0.381. The van der Waals surface area contributed by atoms with Crippen LogP contribution in [-0.2, 0) is 9.53 Å². The van der Waals surface area contributed by atoms with Crippen LogP contribution in [0, 0.1) is 0 Å². The lowest BCUT2D eigenvalue weighted by atomic mass is 9.88. The van der Waals surface area contributed by atoms with Crippen LogP contribution >= 0.6 is 0 Å². The number of carbonyl (C=O) groups excluding carboxylic acids is 1.